The van der Waals surface area contributed by atoms with Gasteiger partial charge < -0.3 is 9.67 Å². The summed E-state index contributed by atoms with van der Waals surface area (Å²) in [5.74, 6) is 6.11. The van der Waals surface area contributed by atoms with Gasteiger partial charge in [0, 0.05) is 43.2 Å². The van der Waals surface area contributed by atoms with E-state index in [1.54, 1.807) is 12.3 Å². The minimum Gasteiger partial charge on any atom is -0.396 e. The molecule has 8 nitrogen and oxygen atoms in total. The molecule has 0 spiro atoms. The monoisotopic (exact) mass is 486 g/mol. The van der Waals surface area contributed by atoms with E-state index in [1.165, 1.54) is 23.0 Å². The van der Waals surface area contributed by atoms with E-state index in [4.69, 9.17) is 5.21 Å². The van der Waals surface area contributed by atoms with Gasteiger partial charge >= 0.3 is 0 Å². The van der Waals surface area contributed by atoms with Gasteiger partial charge in [0.2, 0.25) is 0 Å². The standard InChI is InChI=1S/C25H30N2O6S/c1-25(24(30)26-31,34(2,32)33)12-14-27-13-11-22(16-23(27)29)21-9-7-18(8-10-21)3-4-19-5-6-20(15-19)17-28/h7-11,13,16,19-20,28,31H,5-6,12,14-15,17H2,1-2H3,(H,26,30). The third kappa shape index (κ3) is 5.76. The molecule has 1 aliphatic carbocycles. The molecule has 3 unspecified atom stereocenters. The fourth-order valence-electron chi connectivity index (χ4n) is 4.09. The Labute approximate surface area is 199 Å². The number of rotatable bonds is 7. The molecule has 0 radical (unpaired) electrons. The molecule has 2 aromatic rings. The molecule has 1 fully saturated rings. The van der Waals surface area contributed by atoms with Crippen molar-refractivity contribution in [2.75, 3.05) is 12.9 Å². The second kappa shape index (κ2) is 10.6. The first-order valence-corrected chi connectivity index (χ1v) is 13.0. The Morgan fingerprint density at radius 1 is 1.21 bits per heavy atom. The van der Waals surface area contributed by atoms with E-state index in [1.807, 2.05) is 24.3 Å². The van der Waals surface area contributed by atoms with Crippen LogP contribution in [-0.4, -0.2) is 46.8 Å². The first kappa shape index (κ1) is 25.7. The van der Waals surface area contributed by atoms with Crippen LogP contribution in [0.2, 0.25) is 0 Å². The summed E-state index contributed by atoms with van der Waals surface area (Å²) in [4.78, 5) is 24.6. The number of nitrogens with one attached hydrogen (secondary N) is 1. The molecule has 1 amide bonds. The van der Waals surface area contributed by atoms with Crippen LogP contribution in [0.25, 0.3) is 11.1 Å². The molecule has 34 heavy (non-hydrogen) atoms. The van der Waals surface area contributed by atoms with Crippen LogP contribution < -0.4 is 11.0 Å². The molecule has 1 heterocycles. The number of hydroxylamine groups is 1. The van der Waals surface area contributed by atoms with Gasteiger partial charge in [0.05, 0.1) is 0 Å². The first-order chi connectivity index (χ1) is 16.1. The van der Waals surface area contributed by atoms with Crippen LogP contribution in [0.4, 0.5) is 0 Å². The average molecular weight is 487 g/mol. The highest BCUT2D eigenvalue weighted by Crippen LogP contribution is 2.30. The molecule has 1 saturated carbocycles. The smallest absolute Gasteiger partial charge is 0.264 e. The predicted octanol–water partition coefficient (Wildman–Crippen LogP) is 1.97. The maximum absolute atomic E-state index is 12.6. The molecule has 9 heteroatoms. The Hall–Kier alpha value is -2.93. The number of carbonyl (C=O) groups is 1. The SMILES string of the molecule is CC(CCn1ccc(-c2ccc(C#CC3CCC(CO)C3)cc2)cc1=O)(C(=O)NO)S(C)(=O)=O. The number of sulfone groups is 1. The molecule has 0 bridgehead atoms. The van der Waals surface area contributed by atoms with Crippen molar-refractivity contribution in [2.45, 2.75) is 43.9 Å². The van der Waals surface area contributed by atoms with Crippen LogP contribution in [0, 0.1) is 23.7 Å². The number of amides is 1. The van der Waals surface area contributed by atoms with Crippen LogP contribution in [-0.2, 0) is 21.2 Å². The largest absolute Gasteiger partial charge is 0.396 e. The molecule has 3 atom stereocenters. The van der Waals surface area contributed by atoms with E-state index in [0.29, 0.717) is 17.4 Å². The Morgan fingerprint density at radius 2 is 1.91 bits per heavy atom. The number of pyridine rings is 1. The van der Waals surface area contributed by atoms with E-state index in [0.717, 1.165) is 36.6 Å². The molecule has 3 N–H and O–H groups in total. The van der Waals surface area contributed by atoms with Gasteiger partial charge in [0.25, 0.3) is 11.5 Å². The van der Waals surface area contributed by atoms with Gasteiger partial charge in [-0.05, 0) is 67.9 Å². The molecule has 182 valence electrons. The Balaban J connectivity index is 1.70. The number of carbonyl (C=O) groups excluding carboxylic acids is 1. The van der Waals surface area contributed by atoms with Gasteiger partial charge in [-0.1, -0.05) is 24.0 Å². The Kier molecular flexibility index (Phi) is 7.97. The van der Waals surface area contributed by atoms with Crippen molar-refractivity contribution in [3.63, 3.8) is 0 Å². The van der Waals surface area contributed by atoms with Crippen molar-refractivity contribution in [2.24, 2.45) is 11.8 Å². The maximum atomic E-state index is 12.6. The number of aliphatic hydroxyl groups excluding tert-OH is 1. The quantitative estimate of drug-likeness (QED) is 0.312. The minimum absolute atomic E-state index is 0.0110. The topological polar surface area (TPSA) is 126 Å². The maximum Gasteiger partial charge on any atom is 0.264 e. The molecule has 3 rings (SSSR count). The van der Waals surface area contributed by atoms with Crippen molar-refractivity contribution >= 4 is 15.7 Å². The second-order valence-corrected chi connectivity index (χ2v) is 11.5. The van der Waals surface area contributed by atoms with Crippen LogP contribution in [0.15, 0.2) is 47.4 Å². The van der Waals surface area contributed by atoms with Crippen molar-refractivity contribution < 1.29 is 23.5 Å². The minimum atomic E-state index is -3.84. The van der Waals surface area contributed by atoms with E-state index >= 15 is 0 Å². The second-order valence-electron chi connectivity index (χ2n) is 9.05. The summed E-state index contributed by atoms with van der Waals surface area (Å²) in [7, 11) is -3.84. The third-order valence-corrected chi connectivity index (χ3v) is 8.69. The first-order valence-electron chi connectivity index (χ1n) is 11.1. The Bertz CT molecular complexity index is 1260. The molecule has 1 aromatic heterocycles. The number of nitrogens with zero attached hydrogens (tertiary/aromatic N) is 1. The molecular weight excluding hydrogens is 456 g/mol. The third-order valence-electron chi connectivity index (χ3n) is 6.66. The number of aliphatic hydroxyl groups is 1. The fraction of sp³-hybridized carbons (Fsp3) is 0.440. The van der Waals surface area contributed by atoms with Gasteiger partial charge in [-0.25, -0.2) is 13.9 Å². The van der Waals surface area contributed by atoms with Gasteiger partial charge in [-0.3, -0.25) is 14.8 Å². The summed E-state index contributed by atoms with van der Waals surface area (Å²) in [6, 6.07) is 10.8. The molecule has 0 saturated heterocycles. The highest BCUT2D eigenvalue weighted by molar-refractivity contribution is 7.92. The average Bonchev–Trinajstić information content (AvgIpc) is 3.29. The summed E-state index contributed by atoms with van der Waals surface area (Å²) in [5, 5.41) is 18.2. The molecular formula is C25H30N2O6S. The number of hydrogen-bond acceptors (Lipinski definition) is 6. The van der Waals surface area contributed by atoms with Crippen LogP contribution in [0.5, 0.6) is 0 Å². The zero-order chi connectivity index (χ0) is 24.9. The van der Waals surface area contributed by atoms with Gasteiger partial charge in [-0.2, -0.15) is 0 Å². The number of hydrogen-bond donors (Lipinski definition) is 3. The highest BCUT2D eigenvalue weighted by Gasteiger charge is 2.43. The lowest BCUT2D eigenvalue weighted by molar-refractivity contribution is -0.131. The van der Waals surface area contributed by atoms with Crippen molar-refractivity contribution in [1.82, 2.24) is 10.0 Å². The van der Waals surface area contributed by atoms with Crippen molar-refractivity contribution in [3.05, 3.63) is 58.5 Å². The van der Waals surface area contributed by atoms with Crippen molar-refractivity contribution in [3.8, 4) is 23.0 Å². The summed E-state index contributed by atoms with van der Waals surface area (Å²) in [5.41, 5.74) is 3.51. The number of aromatic nitrogens is 1. The van der Waals surface area contributed by atoms with Crippen LogP contribution >= 0.6 is 0 Å². The zero-order valence-electron chi connectivity index (χ0n) is 19.3. The van der Waals surface area contributed by atoms with E-state index in [-0.39, 0.29) is 25.1 Å². The lowest BCUT2D eigenvalue weighted by Gasteiger charge is -2.25. The normalized spacial score (nSPS) is 19.6. The predicted molar refractivity (Wildman–Crippen MR) is 129 cm³/mol. The molecule has 0 aliphatic heterocycles. The fourth-order valence-corrected chi connectivity index (χ4v) is 4.94. The zero-order valence-corrected chi connectivity index (χ0v) is 20.1. The number of aryl methyl sites for hydroxylation is 1. The van der Waals surface area contributed by atoms with Crippen molar-refractivity contribution in [1.29, 1.82) is 0 Å². The lowest BCUT2D eigenvalue weighted by Crippen LogP contribution is -2.49. The van der Waals surface area contributed by atoms with Gasteiger partial charge in [0.15, 0.2) is 14.6 Å². The van der Waals surface area contributed by atoms with Crippen LogP contribution in [0.3, 0.4) is 0 Å². The van der Waals surface area contributed by atoms with Crippen LogP contribution in [0.1, 0.15) is 38.2 Å². The summed E-state index contributed by atoms with van der Waals surface area (Å²) in [6.07, 6.45) is 5.27. The number of benzene rings is 1. The van der Waals surface area contributed by atoms with E-state index in [9.17, 15) is 23.1 Å². The summed E-state index contributed by atoms with van der Waals surface area (Å²) < 4.78 is 23.7. The highest BCUT2D eigenvalue weighted by atomic mass is 32.2. The van der Waals surface area contributed by atoms with E-state index < -0.39 is 20.5 Å². The molecule has 1 aromatic carbocycles. The summed E-state index contributed by atoms with van der Waals surface area (Å²) in [6.45, 7) is 1.43. The van der Waals surface area contributed by atoms with E-state index in [2.05, 4.69) is 11.8 Å². The lowest BCUT2D eigenvalue weighted by atomic mass is 10.0. The summed E-state index contributed by atoms with van der Waals surface area (Å²) >= 11 is 0. The van der Waals surface area contributed by atoms with Gasteiger partial charge in [-0.15, -0.1) is 0 Å². The van der Waals surface area contributed by atoms with Gasteiger partial charge in [0.1, 0.15) is 0 Å². The molecule has 1 aliphatic rings. The Morgan fingerprint density at radius 3 is 2.47 bits per heavy atom.